The standard InChI is InChI=1S/C20H28N2O2/c1-5-12-21(13-6-2)19(23)18-15(4)16-10-8-9-11-17(16)22(14-7-3)20(18)24/h8-11H,5-7,12-14H2,1-4H3. The molecule has 0 fully saturated rings. The minimum atomic E-state index is -0.157. The molecule has 0 aliphatic heterocycles. The molecule has 1 amide bonds. The number of aryl methyl sites for hydroxylation is 2. The fraction of sp³-hybridized carbons (Fsp3) is 0.500. The van der Waals surface area contributed by atoms with E-state index in [0.29, 0.717) is 25.2 Å². The van der Waals surface area contributed by atoms with E-state index in [1.165, 1.54) is 0 Å². The molecule has 0 aliphatic rings. The Morgan fingerprint density at radius 2 is 1.67 bits per heavy atom. The van der Waals surface area contributed by atoms with E-state index in [2.05, 4.69) is 13.8 Å². The minimum Gasteiger partial charge on any atom is -0.338 e. The highest BCUT2D eigenvalue weighted by molar-refractivity contribution is 6.00. The Kier molecular flexibility index (Phi) is 6.18. The van der Waals surface area contributed by atoms with Gasteiger partial charge in [0.15, 0.2) is 0 Å². The number of carbonyl (C=O) groups is 1. The molecule has 0 radical (unpaired) electrons. The third kappa shape index (κ3) is 3.37. The van der Waals surface area contributed by atoms with Crippen LogP contribution < -0.4 is 5.56 Å². The first-order valence-electron chi connectivity index (χ1n) is 8.98. The molecule has 2 rings (SSSR count). The summed E-state index contributed by atoms with van der Waals surface area (Å²) in [7, 11) is 0. The highest BCUT2D eigenvalue weighted by Crippen LogP contribution is 2.21. The minimum absolute atomic E-state index is 0.128. The van der Waals surface area contributed by atoms with Gasteiger partial charge in [0.05, 0.1) is 5.52 Å². The second kappa shape index (κ2) is 8.13. The highest BCUT2D eigenvalue weighted by Gasteiger charge is 2.23. The fourth-order valence-electron chi connectivity index (χ4n) is 3.28. The third-order valence-electron chi connectivity index (χ3n) is 4.37. The lowest BCUT2D eigenvalue weighted by molar-refractivity contribution is 0.0752. The van der Waals surface area contributed by atoms with Crippen LogP contribution in [0.25, 0.3) is 10.9 Å². The van der Waals surface area contributed by atoms with Crippen molar-refractivity contribution in [3.05, 3.63) is 45.7 Å². The molecule has 130 valence electrons. The summed E-state index contributed by atoms with van der Waals surface area (Å²) < 4.78 is 1.76. The fourth-order valence-corrected chi connectivity index (χ4v) is 3.28. The molecular weight excluding hydrogens is 300 g/mol. The molecule has 2 aromatic rings. The van der Waals surface area contributed by atoms with Gasteiger partial charge >= 0.3 is 0 Å². The average Bonchev–Trinajstić information content (AvgIpc) is 2.58. The van der Waals surface area contributed by atoms with Crippen LogP contribution in [0.1, 0.15) is 56.0 Å². The summed E-state index contributed by atoms with van der Waals surface area (Å²) in [4.78, 5) is 28.0. The van der Waals surface area contributed by atoms with Crippen LogP contribution in [0, 0.1) is 6.92 Å². The smallest absolute Gasteiger partial charge is 0.264 e. The van der Waals surface area contributed by atoms with Crippen molar-refractivity contribution in [1.29, 1.82) is 0 Å². The van der Waals surface area contributed by atoms with Gasteiger partial charge in [-0.25, -0.2) is 0 Å². The van der Waals surface area contributed by atoms with Crippen LogP contribution >= 0.6 is 0 Å². The van der Waals surface area contributed by atoms with Crippen LogP contribution in [0.2, 0.25) is 0 Å². The molecule has 1 heterocycles. The number of pyridine rings is 1. The van der Waals surface area contributed by atoms with E-state index in [9.17, 15) is 9.59 Å². The Hall–Kier alpha value is -2.10. The lowest BCUT2D eigenvalue weighted by Gasteiger charge is -2.23. The maximum absolute atomic E-state index is 13.1. The van der Waals surface area contributed by atoms with E-state index in [4.69, 9.17) is 0 Å². The molecule has 4 heteroatoms. The predicted molar refractivity (Wildman–Crippen MR) is 99.7 cm³/mol. The Morgan fingerprint density at radius 1 is 1.04 bits per heavy atom. The van der Waals surface area contributed by atoms with Crippen LogP contribution in [0.15, 0.2) is 29.1 Å². The quantitative estimate of drug-likeness (QED) is 0.771. The first kappa shape index (κ1) is 18.2. The predicted octanol–water partition coefficient (Wildman–Crippen LogP) is 3.98. The van der Waals surface area contributed by atoms with Crippen LogP contribution in [0.4, 0.5) is 0 Å². The zero-order valence-electron chi connectivity index (χ0n) is 15.3. The van der Waals surface area contributed by atoms with Gasteiger partial charge in [0, 0.05) is 25.0 Å². The van der Waals surface area contributed by atoms with Crippen molar-refractivity contribution >= 4 is 16.8 Å². The first-order valence-corrected chi connectivity index (χ1v) is 8.98. The van der Waals surface area contributed by atoms with E-state index in [0.717, 1.165) is 35.7 Å². The molecule has 24 heavy (non-hydrogen) atoms. The van der Waals surface area contributed by atoms with Gasteiger partial charge in [-0.1, -0.05) is 39.0 Å². The number of nitrogens with zero attached hydrogens (tertiary/aromatic N) is 2. The molecule has 0 N–H and O–H groups in total. The van der Waals surface area contributed by atoms with E-state index < -0.39 is 0 Å². The summed E-state index contributed by atoms with van der Waals surface area (Å²) in [6.07, 6.45) is 2.64. The monoisotopic (exact) mass is 328 g/mol. The van der Waals surface area contributed by atoms with Gasteiger partial charge in [0.25, 0.3) is 11.5 Å². The molecule has 0 saturated carbocycles. The number of aromatic nitrogens is 1. The van der Waals surface area contributed by atoms with Crippen molar-refractivity contribution in [3.8, 4) is 0 Å². The lowest BCUT2D eigenvalue weighted by atomic mass is 10.0. The van der Waals surface area contributed by atoms with Gasteiger partial charge in [-0.05, 0) is 37.8 Å². The zero-order valence-corrected chi connectivity index (χ0v) is 15.3. The van der Waals surface area contributed by atoms with E-state index in [1.54, 1.807) is 4.57 Å². The van der Waals surface area contributed by atoms with Crippen molar-refractivity contribution in [2.75, 3.05) is 13.1 Å². The Labute approximate surface area is 144 Å². The normalized spacial score (nSPS) is 11.0. The van der Waals surface area contributed by atoms with Crippen LogP contribution in [0.3, 0.4) is 0 Å². The van der Waals surface area contributed by atoms with Crippen LogP contribution in [-0.2, 0) is 6.54 Å². The van der Waals surface area contributed by atoms with Gasteiger partial charge in [-0.2, -0.15) is 0 Å². The number of amides is 1. The zero-order chi connectivity index (χ0) is 17.7. The molecule has 0 saturated heterocycles. The largest absolute Gasteiger partial charge is 0.338 e. The van der Waals surface area contributed by atoms with E-state index in [-0.39, 0.29) is 11.5 Å². The summed E-state index contributed by atoms with van der Waals surface area (Å²) in [6, 6.07) is 7.86. The maximum Gasteiger partial charge on any atom is 0.264 e. The lowest BCUT2D eigenvalue weighted by Crippen LogP contribution is -2.38. The summed E-state index contributed by atoms with van der Waals surface area (Å²) in [5.74, 6) is -0.128. The molecule has 1 aromatic carbocycles. The number of para-hydroxylation sites is 1. The second-order valence-corrected chi connectivity index (χ2v) is 6.27. The third-order valence-corrected chi connectivity index (χ3v) is 4.37. The van der Waals surface area contributed by atoms with Crippen molar-refractivity contribution in [1.82, 2.24) is 9.47 Å². The number of hydrogen-bond acceptors (Lipinski definition) is 2. The van der Waals surface area contributed by atoms with Crippen molar-refractivity contribution in [2.45, 2.75) is 53.5 Å². The molecule has 4 nitrogen and oxygen atoms in total. The number of carbonyl (C=O) groups excluding carboxylic acids is 1. The summed E-state index contributed by atoms with van der Waals surface area (Å²) in [5, 5.41) is 0.988. The Morgan fingerprint density at radius 3 is 2.25 bits per heavy atom. The summed E-state index contributed by atoms with van der Waals surface area (Å²) in [5.41, 5.74) is 1.89. The van der Waals surface area contributed by atoms with Gasteiger partial charge in [0.1, 0.15) is 5.56 Å². The molecule has 0 atom stereocenters. The molecule has 1 aromatic heterocycles. The second-order valence-electron chi connectivity index (χ2n) is 6.27. The average molecular weight is 328 g/mol. The number of benzene rings is 1. The van der Waals surface area contributed by atoms with Crippen molar-refractivity contribution in [2.24, 2.45) is 0 Å². The highest BCUT2D eigenvalue weighted by atomic mass is 16.2. The summed E-state index contributed by atoms with van der Waals surface area (Å²) >= 11 is 0. The topological polar surface area (TPSA) is 42.3 Å². The van der Waals surface area contributed by atoms with E-state index in [1.807, 2.05) is 43.0 Å². The summed E-state index contributed by atoms with van der Waals surface area (Å²) in [6.45, 7) is 10.0. The van der Waals surface area contributed by atoms with Gasteiger partial charge < -0.3 is 9.47 Å². The Balaban J connectivity index is 2.69. The van der Waals surface area contributed by atoms with Gasteiger partial charge in [-0.3, -0.25) is 9.59 Å². The van der Waals surface area contributed by atoms with Gasteiger partial charge in [0.2, 0.25) is 0 Å². The molecular formula is C20H28N2O2. The Bertz CT molecular complexity index is 771. The van der Waals surface area contributed by atoms with Crippen LogP contribution in [0.5, 0.6) is 0 Å². The number of hydrogen-bond donors (Lipinski definition) is 0. The van der Waals surface area contributed by atoms with Gasteiger partial charge in [-0.15, -0.1) is 0 Å². The first-order chi connectivity index (χ1) is 11.6. The molecule has 0 spiro atoms. The van der Waals surface area contributed by atoms with Crippen LogP contribution in [-0.4, -0.2) is 28.5 Å². The molecule has 0 bridgehead atoms. The number of fused-ring (bicyclic) bond motifs is 1. The SMILES string of the molecule is CCCN(CCC)C(=O)c1c(C)c2ccccc2n(CCC)c1=O. The number of rotatable bonds is 7. The van der Waals surface area contributed by atoms with E-state index >= 15 is 0 Å². The molecule has 0 aliphatic carbocycles. The van der Waals surface area contributed by atoms with Crippen molar-refractivity contribution < 1.29 is 4.79 Å². The maximum atomic E-state index is 13.1. The van der Waals surface area contributed by atoms with Crippen molar-refractivity contribution in [3.63, 3.8) is 0 Å². The molecule has 0 unspecified atom stereocenters.